The summed E-state index contributed by atoms with van der Waals surface area (Å²) < 4.78 is 0. The number of hydrogen-bond acceptors (Lipinski definition) is 2. The van der Waals surface area contributed by atoms with Crippen LogP contribution in [0.4, 0.5) is 11.4 Å². The summed E-state index contributed by atoms with van der Waals surface area (Å²) in [6.07, 6.45) is 5.20. The molecule has 0 bridgehead atoms. The Balaban J connectivity index is 1.60. The molecule has 1 aliphatic heterocycles. The normalized spacial score (nSPS) is 16.1. The molecule has 0 aliphatic carbocycles. The third-order valence-corrected chi connectivity index (χ3v) is 4.52. The van der Waals surface area contributed by atoms with E-state index in [0.29, 0.717) is 6.04 Å². The maximum atomic E-state index is 6.25. The zero-order valence-corrected chi connectivity index (χ0v) is 13.4. The van der Waals surface area contributed by atoms with Crippen molar-refractivity contribution in [3.63, 3.8) is 0 Å². The van der Waals surface area contributed by atoms with Crippen LogP contribution in [-0.2, 0) is 6.42 Å². The van der Waals surface area contributed by atoms with Crippen LogP contribution in [0.5, 0.6) is 0 Å². The summed E-state index contributed by atoms with van der Waals surface area (Å²) in [7, 11) is 0. The zero-order valence-electron chi connectivity index (χ0n) is 13.4. The second-order valence-electron chi connectivity index (χ2n) is 6.19. The summed E-state index contributed by atoms with van der Waals surface area (Å²) in [6, 6.07) is 25.4. The van der Waals surface area contributed by atoms with Crippen LogP contribution in [0.2, 0.25) is 0 Å². The molecule has 1 atom stereocenters. The monoisotopic (exact) mass is 312 g/mol. The van der Waals surface area contributed by atoms with Gasteiger partial charge in [-0.15, -0.1) is 0 Å². The number of fused-ring (bicyclic) bond motifs is 1. The highest BCUT2D eigenvalue weighted by Gasteiger charge is 2.22. The van der Waals surface area contributed by atoms with Gasteiger partial charge in [-0.05, 0) is 40.8 Å². The Kier molecular flexibility index (Phi) is 3.80. The van der Waals surface area contributed by atoms with Gasteiger partial charge in [0, 0.05) is 11.4 Å². The van der Waals surface area contributed by atoms with Crippen LogP contribution in [0.3, 0.4) is 0 Å². The Bertz CT molecular complexity index is 867. The Labute approximate surface area is 142 Å². The summed E-state index contributed by atoms with van der Waals surface area (Å²) in [5.74, 6) is 0. The molecule has 1 aliphatic rings. The van der Waals surface area contributed by atoms with Crippen LogP contribution in [0.25, 0.3) is 12.2 Å². The van der Waals surface area contributed by atoms with E-state index in [2.05, 4.69) is 72.1 Å². The highest BCUT2D eigenvalue weighted by molar-refractivity contribution is 5.79. The lowest BCUT2D eigenvalue weighted by Crippen LogP contribution is -2.04. The van der Waals surface area contributed by atoms with Crippen molar-refractivity contribution in [2.45, 2.75) is 12.5 Å². The predicted octanol–water partition coefficient (Wildman–Crippen LogP) is 5.15. The first-order valence-electron chi connectivity index (χ1n) is 8.26. The average Bonchev–Trinajstić information content (AvgIpc) is 3.04. The molecular formula is C22H20N2. The largest absolute Gasteiger partial charge is 0.398 e. The first-order chi connectivity index (χ1) is 11.8. The molecule has 1 unspecified atom stereocenters. The lowest BCUT2D eigenvalue weighted by Gasteiger charge is -2.11. The molecule has 24 heavy (non-hydrogen) atoms. The van der Waals surface area contributed by atoms with Gasteiger partial charge in [0.1, 0.15) is 0 Å². The molecule has 118 valence electrons. The van der Waals surface area contributed by atoms with E-state index in [-0.39, 0.29) is 0 Å². The number of anilines is 2. The van der Waals surface area contributed by atoms with Gasteiger partial charge in [0.05, 0.1) is 6.04 Å². The van der Waals surface area contributed by atoms with Gasteiger partial charge in [0.2, 0.25) is 0 Å². The van der Waals surface area contributed by atoms with Crippen LogP contribution in [0, 0.1) is 0 Å². The Morgan fingerprint density at radius 2 is 1.58 bits per heavy atom. The lowest BCUT2D eigenvalue weighted by atomic mass is 10.0. The third kappa shape index (κ3) is 2.91. The van der Waals surface area contributed by atoms with E-state index in [1.54, 1.807) is 0 Å². The van der Waals surface area contributed by atoms with E-state index >= 15 is 0 Å². The van der Waals surface area contributed by atoms with Crippen molar-refractivity contribution < 1.29 is 0 Å². The van der Waals surface area contributed by atoms with E-state index in [1.165, 1.54) is 16.7 Å². The predicted molar refractivity (Wildman–Crippen MR) is 103 cm³/mol. The number of benzene rings is 3. The second kappa shape index (κ2) is 6.25. The van der Waals surface area contributed by atoms with Crippen LogP contribution in [-0.4, -0.2) is 0 Å². The summed E-state index contributed by atoms with van der Waals surface area (Å²) in [4.78, 5) is 0. The second-order valence-corrected chi connectivity index (χ2v) is 6.19. The first kappa shape index (κ1) is 14.6. The molecule has 0 fully saturated rings. The molecule has 0 aromatic heterocycles. The Morgan fingerprint density at radius 1 is 0.875 bits per heavy atom. The molecule has 0 amide bonds. The van der Waals surface area contributed by atoms with Crippen LogP contribution in [0.15, 0.2) is 72.8 Å². The van der Waals surface area contributed by atoms with Gasteiger partial charge in [0.25, 0.3) is 0 Å². The van der Waals surface area contributed by atoms with Gasteiger partial charge in [0.15, 0.2) is 0 Å². The first-order valence-corrected chi connectivity index (χ1v) is 8.26. The summed E-state index contributed by atoms with van der Waals surface area (Å²) in [5.41, 5.74) is 13.1. The molecule has 2 heteroatoms. The molecular weight excluding hydrogens is 292 g/mol. The molecule has 0 spiro atoms. The van der Waals surface area contributed by atoms with Gasteiger partial charge >= 0.3 is 0 Å². The SMILES string of the molecule is Nc1cc2c(cc1C=Cc1ccccc1)CC(c1ccccc1)N2. The van der Waals surface area contributed by atoms with Crippen molar-refractivity contribution >= 4 is 23.5 Å². The molecule has 0 radical (unpaired) electrons. The van der Waals surface area contributed by atoms with Gasteiger partial charge in [-0.3, -0.25) is 0 Å². The molecule has 2 nitrogen and oxygen atoms in total. The highest BCUT2D eigenvalue weighted by Crippen LogP contribution is 2.37. The fourth-order valence-corrected chi connectivity index (χ4v) is 3.22. The lowest BCUT2D eigenvalue weighted by molar-refractivity contribution is 0.824. The highest BCUT2D eigenvalue weighted by atomic mass is 15.0. The molecule has 4 rings (SSSR count). The van der Waals surface area contributed by atoms with Crippen molar-refractivity contribution in [2.24, 2.45) is 0 Å². The molecule has 3 N–H and O–H groups in total. The number of hydrogen-bond donors (Lipinski definition) is 2. The number of nitrogen functional groups attached to an aromatic ring is 1. The molecule has 0 saturated heterocycles. The minimum absolute atomic E-state index is 0.328. The Hall–Kier alpha value is -3.00. The van der Waals surface area contributed by atoms with E-state index in [9.17, 15) is 0 Å². The van der Waals surface area contributed by atoms with Gasteiger partial charge in [-0.1, -0.05) is 72.8 Å². The van der Waals surface area contributed by atoms with Crippen LogP contribution < -0.4 is 11.1 Å². The van der Waals surface area contributed by atoms with Crippen molar-refractivity contribution in [3.05, 3.63) is 95.1 Å². The zero-order chi connectivity index (χ0) is 16.4. The smallest absolute Gasteiger partial charge is 0.0555 e. The van der Waals surface area contributed by atoms with Gasteiger partial charge < -0.3 is 11.1 Å². The summed E-state index contributed by atoms with van der Waals surface area (Å²) in [5, 5.41) is 3.59. The van der Waals surface area contributed by atoms with E-state index in [4.69, 9.17) is 5.73 Å². The fourth-order valence-electron chi connectivity index (χ4n) is 3.22. The van der Waals surface area contributed by atoms with Crippen molar-refractivity contribution in [1.29, 1.82) is 0 Å². The van der Waals surface area contributed by atoms with Crippen molar-refractivity contribution in [3.8, 4) is 0 Å². The molecule has 0 saturated carbocycles. The third-order valence-electron chi connectivity index (χ3n) is 4.52. The van der Waals surface area contributed by atoms with E-state index in [0.717, 1.165) is 23.4 Å². The summed E-state index contributed by atoms with van der Waals surface area (Å²) in [6.45, 7) is 0. The number of nitrogens with one attached hydrogen (secondary N) is 1. The minimum atomic E-state index is 0.328. The maximum absolute atomic E-state index is 6.25. The Morgan fingerprint density at radius 3 is 2.33 bits per heavy atom. The standard InChI is InChI=1S/C22H20N2/c23-20-15-22-19(14-21(24-22)17-9-5-2-6-10-17)13-18(20)12-11-16-7-3-1-4-8-16/h1-13,15,21,24H,14,23H2. The van der Waals surface area contributed by atoms with Crippen molar-refractivity contribution in [1.82, 2.24) is 0 Å². The fraction of sp³-hybridized carbons (Fsp3) is 0.0909. The van der Waals surface area contributed by atoms with Gasteiger partial charge in [-0.25, -0.2) is 0 Å². The number of nitrogens with two attached hydrogens (primary N) is 1. The molecule has 3 aromatic rings. The number of rotatable bonds is 3. The quantitative estimate of drug-likeness (QED) is 0.518. The summed E-state index contributed by atoms with van der Waals surface area (Å²) >= 11 is 0. The van der Waals surface area contributed by atoms with Crippen LogP contribution >= 0.6 is 0 Å². The van der Waals surface area contributed by atoms with Crippen molar-refractivity contribution in [2.75, 3.05) is 11.1 Å². The van der Waals surface area contributed by atoms with Crippen LogP contribution in [0.1, 0.15) is 28.3 Å². The average molecular weight is 312 g/mol. The maximum Gasteiger partial charge on any atom is 0.0555 e. The van der Waals surface area contributed by atoms with Gasteiger partial charge in [-0.2, -0.15) is 0 Å². The minimum Gasteiger partial charge on any atom is -0.398 e. The van der Waals surface area contributed by atoms with E-state index in [1.807, 2.05) is 18.2 Å². The molecule has 3 aromatic carbocycles. The molecule has 1 heterocycles. The topological polar surface area (TPSA) is 38.0 Å². The van der Waals surface area contributed by atoms with E-state index < -0.39 is 0 Å².